The second-order valence-electron chi connectivity index (χ2n) is 15.2. The minimum atomic E-state index is -6.05. The Kier molecular flexibility index (Phi) is 8.63. The van der Waals surface area contributed by atoms with Crippen LogP contribution >= 0.6 is 0 Å². The van der Waals surface area contributed by atoms with Crippen LogP contribution in [0.3, 0.4) is 0 Å². The van der Waals surface area contributed by atoms with Crippen LogP contribution in [0.25, 0.3) is 5.57 Å². The molecule has 274 valence electrons. The average Bonchev–Trinajstić information content (AvgIpc) is 3.28. The number of anilines is 2. The van der Waals surface area contributed by atoms with E-state index in [1.165, 1.54) is 19.2 Å². The van der Waals surface area contributed by atoms with Gasteiger partial charge in [0.05, 0.1) is 28.8 Å². The van der Waals surface area contributed by atoms with E-state index in [4.69, 9.17) is 0 Å². The number of hydrogen-bond donors (Lipinski definition) is 1. The smallest absolute Gasteiger partial charge is 0.506 e. The molecule has 1 aromatic rings. The van der Waals surface area contributed by atoms with E-state index in [2.05, 4.69) is 9.30 Å². The molecule has 1 fully saturated rings. The fraction of sp³-hybridized carbons (Fsp3) is 0.543. The molecule has 0 aromatic heterocycles. The summed E-state index contributed by atoms with van der Waals surface area (Å²) in [5, 5.41) is 11.7. The van der Waals surface area contributed by atoms with Crippen molar-refractivity contribution in [3.8, 4) is 0 Å². The topological polar surface area (TPSA) is 128 Å². The number of likely N-dealkylation sites (tertiary alicyclic amines) is 1. The average molecular weight is 739 g/mol. The number of hydrogen-bond acceptors (Lipinski definition) is 8. The van der Waals surface area contributed by atoms with Crippen LogP contribution in [-0.4, -0.2) is 81.3 Å². The quantitative estimate of drug-likeness (QED) is 0.334. The van der Waals surface area contributed by atoms with Gasteiger partial charge in [0.15, 0.2) is 0 Å². The minimum absolute atomic E-state index is 0.0201. The third-order valence-electron chi connectivity index (χ3n) is 11.0. The van der Waals surface area contributed by atoms with Crippen molar-refractivity contribution in [1.82, 2.24) is 4.90 Å². The normalized spacial score (nSPS) is 25.7. The number of ketones is 1. The number of benzene rings is 1. The number of aliphatic hydroxyl groups is 1. The van der Waals surface area contributed by atoms with Crippen molar-refractivity contribution in [3.63, 3.8) is 0 Å². The zero-order valence-electron chi connectivity index (χ0n) is 30.3. The highest BCUT2D eigenvalue weighted by Gasteiger charge is 2.51. The van der Waals surface area contributed by atoms with E-state index in [9.17, 15) is 39.9 Å². The van der Waals surface area contributed by atoms with E-state index in [1.54, 1.807) is 12.1 Å². The highest BCUT2D eigenvalue weighted by Crippen LogP contribution is 2.54. The van der Waals surface area contributed by atoms with Gasteiger partial charge in [-0.05, 0) is 77.0 Å². The van der Waals surface area contributed by atoms with Gasteiger partial charge in [-0.15, -0.1) is 0 Å². The van der Waals surface area contributed by atoms with Crippen LogP contribution in [0.5, 0.6) is 0 Å². The first-order valence-corrected chi connectivity index (χ1v) is 19.7. The molecule has 15 heteroatoms. The Morgan fingerprint density at radius 1 is 0.900 bits per heavy atom. The van der Waals surface area contributed by atoms with Crippen LogP contribution in [0.1, 0.15) is 80.4 Å². The summed E-state index contributed by atoms with van der Waals surface area (Å²) in [5.41, 5.74) is -5.40. The highest BCUT2D eigenvalue weighted by atomic mass is 32.2. The number of allylic oxidation sites excluding steroid dienone is 6. The van der Waals surface area contributed by atoms with Crippen molar-refractivity contribution in [3.05, 3.63) is 63.6 Å². The molecule has 2 aliphatic carbocycles. The fourth-order valence-corrected chi connectivity index (χ4v) is 8.65. The van der Waals surface area contributed by atoms with Crippen LogP contribution in [0.15, 0.2) is 56.9 Å². The lowest BCUT2D eigenvalue weighted by atomic mass is 9.73. The van der Waals surface area contributed by atoms with Gasteiger partial charge in [-0.2, -0.15) is 26.0 Å². The van der Waals surface area contributed by atoms with Gasteiger partial charge >= 0.3 is 15.5 Å². The maximum atomic E-state index is 14.3. The van der Waals surface area contributed by atoms with E-state index in [0.29, 0.717) is 11.3 Å². The molecule has 50 heavy (non-hydrogen) atoms. The lowest BCUT2D eigenvalue weighted by molar-refractivity contribution is -0.111. The van der Waals surface area contributed by atoms with Gasteiger partial charge in [0, 0.05) is 64.6 Å². The molecule has 2 unspecified atom stereocenters. The van der Waals surface area contributed by atoms with Gasteiger partial charge in [-0.25, -0.2) is 8.42 Å². The molecule has 2 atom stereocenters. The third kappa shape index (κ3) is 5.41. The summed E-state index contributed by atoms with van der Waals surface area (Å²) in [6.07, 6.45) is 3.68. The Hall–Kier alpha value is -3.59. The van der Waals surface area contributed by atoms with Crippen LogP contribution < -0.4 is 9.21 Å². The summed E-state index contributed by atoms with van der Waals surface area (Å²) in [6, 6.07) is 3.11. The van der Waals surface area contributed by atoms with E-state index < -0.39 is 59.2 Å². The number of carbonyl (C=O) groups excluding carboxylic acids is 1. The molecule has 0 bridgehead atoms. The molecule has 1 N–H and O–H groups in total. The maximum absolute atomic E-state index is 14.3. The number of Topliss-reactive ketones (excluding diaryl/α,β-unsaturated/α-hetero) is 1. The summed E-state index contributed by atoms with van der Waals surface area (Å²) in [4.78, 5) is 18.4. The summed E-state index contributed by atoms with van der Waals surface area (Å²) >= 11 is 0. The number of carbonyl (C=O) groups is 1. The number of sulfonamides is 2. The van der Waals surface area contributed by atoms with E-state index in [0.717, 1.165) is 21.8 Å². The number of halogens is 3. The first-order valence-electron chi connectivity index (χ1n) is 16.4. The Bertz CT molecular complexity index is 2090. The van der Waals surface area contributed by atoms with Crippen molar-refractivity contribution < 1.29 is 39.9 Å². The molecule has 2 heterocycles. The Morgan fingerprint density at radius 2 is 1.44 bits per heavy atom. The van der Waals surface area contributed by atoms with Crippen molar-refractivity contribution in [2.75, 3.05) is 22.5 Å². The number of alkyl halides is 3. The second kappa shape index (κ2) is 11.5. The Morgan fingerprint density at radius 3 is 1.92 bits per heavy atom. The van der Waals surface area contributed by atoms with Crippen molar-refractivity contribution in [1.29, 1.82) is 0 Å². The zero-order chi connectivity index (χ0) is 38.0. The molecular formula is C35H45F3N4O6S2. The third-order valence-corrected chi connectivity index (χ3v) is 13.2. The van der Waals surface area contributed by atoms with Crippen molar-refractivity contribution in [2.24, 2.45) is 9.81 Å². The summed E-state index contributed by atoms with van der Waals surface area (Å²) in [5.74, 6) is -1.39. The number of rotatable bonds is 6. The van der Waals surface area contributed by atoms with E-state index in [-0.39, 0.29) is 46.6 Å². The molecule has 10 nitrogen and oxygen atoms in total. The molecule has 2 aliphatic heterocycles. The summed E-state index contributed by atoms with van der Waals surface area (Å²) in [6.45, 7) is 19.7. The number of nitrogens with zero attached hydrogens (tertiary/aromatic N) is 4. The SMILES string of the molecule is CC(C)N1C2=CC(=NS(=O)(=O)C(F)(F)F)C(=C3C(=O)C(c4cc5c(cc4N(C)S(C)(=O)=O)N(C(C)C)C(C)C5(C)C)=C3O)C=C2C(C)(C)C1C. The number of aliphatic hydroxyl groups excluding tert-OH is 1. The molecule has 0 radical (unpaired) electrons. The standard InChI is InChI=1S/C35H45F3N4O6S2/c1-17(2)41-19(5)33(7,8)23-13-21(25(15-27(23)41)39-50(47,48)35(36,37)38)29-31(43)30(32(29)44)22-14-24-28(16-26(22)40(11)49(12,45)46)42(18(3)4)20(6)34(24,9)10/h13-20,43H,1-12H3. The lowest BCUT2D eigenvalue weighted by Gasteiger charge is -2.34. The minimum Gasteiger partial charge on any atom is -0.506 e. The van der Waals surface area contributed by atoms with E-state index in [1.807, 2.05) is 74.1 Å². The molecule has 0 spiro atoms. The Labute approximate surface area is 292 Å². The van der Waals surface area contributed by atoms with Gasteiger partial charge in [0.1, 0.15) is 5.76 Å². The molecule has 1 saturated heterocycles. The van der Waals surface area contributed by atoms with Crippen LogP contribution in [-0.2, 0) is 30.3 Å². The molecule has 0 saturated carbocycles. The molecule has 0 amide bonds. The van der Waals surface area contributed by atoms with Gasteiger partial charge in [0.2, 0.25) is 15.8 Å². The highest BCUT2D eigenvalue weighted by molar-refractivity contribution is 7.92. The van der Waals surface area contributed by atoms with Crippen LogP contribution in [0, 0.1) is 5.41 Å². The predicted molar refractivity (Wildman–Crippen MR) is 190 cm³/mol. The van der Waals surface area contributed by atoms with Gasteiger partial charge in [-0.1, -0.05) is 27.7 Å². The Balaban J connectivity index is 1.84. The van der Waals surface area contributed by atoms with Gasteiger partial charge < -0.3 is 14.9 Å². The van der Waals surface area contributed by atoms with Crippen molar-refractivity contribution in [2.45, 2.75) is 104 Å². The van der Waals surface area contributed by atoms with Gasteiger partial charge in [0.25, 0.3) is 0 Å². The van der Waals surface area contributed by atoms with E-state index >= 15 is 0 Å². The molecule has 5 rings (SSSR count). The maximum Gasteiger partial charge on any atom is 0.518 e. The molecular weight excluding hydrogens is 694 g/mol. The predicted octanol–water partition coefficient (Wildman–Crippen LogP) is 6.38. The molecule has 4 aliphatic rings. The monoisotopic (exact) mass is 738 g/mol. The van der Waals surface area contributed by atoms with Crippen molar-refractivity contribution >= 4 is 48.5 Å². The van der Waals surface area contributed by atoms with Gasteiger partial charge in [-0.3, -0.25) is 9.10 Å². The molecule has 1 aromatic carbocycles. The van der Waals surface area contributed by atoms with Crippen LogP contribution in [0.2, 0.25) is 0 Å². The lowest BCUT2D eigenvalue weighted by Crippen LogP contribution is -2.42. The first-order chi connectivity index (χ1) is 22.6. The summed E-state index contributed by atoms with van der Waals surface area (Å²) < 4.78 is 95.7. The summed E-state index contributed by atoms with van der Waals surface area (Å²) in [7, 11) is -8.60. The zero-order valence-corrected chi connectivity index (χ0v) is 32.0. The number of fused-ring (bicyclic) bond motifs is 2. The largest absolute Gasteiger partial charge is 0.518 e. The second-order valence-corrected chi connectivity index (χ2v) is 18.9. The first kappa shape index (κ1) is 37.7. The fourth-order valence-electron chi connectivity index (χ4n) is 7.63. The van der Waals surface area contributed by atoms with Crippen LogP contribution in [0.4, 0.5) is 24.5 Å².